The quantitative estimate of drug-likeness (QED) is 0.0418. The van der Waals surface area contributed by atoms with Crippen LogP contribution in [0.25, 0.3) is 66.5 Å². The van der Waals surface area contributed by atoms with Crippen molar-refractivity contribution in [2.45, 2.75) is 84.5 Å². The molecule has 514 valence electrons. The zero-order valence-corrected chi connectivity index (χ0v) is 55.0. The largest absolute Gasteiger partial charge is 0.516 e. The second-order valence-electron chi connectivity index (χ2n) is 24.9. The highest BCUT2D eigenvalue weighted by Crippen LogP contribution is 2.57. The van der Waals surface area contributed by atoms with E-state index >= 15 is 0 Å². The Balaban J connectivity index is 0.000000135. The third-order valence-corrected chi connectivity index (χ3v) is 20.4. The van der Waals surface area contributed by atoms with Crippen molar-refractivity contribution in [2.24, 2.45) is 5.14 Å². The molecule has 6 unspecified atom stereocenters. The summed E-state index contributed by atoms with van der Waals surface area (Å²) >= 11 is 0. The summed E-state index contributed by atoms with van der Waals surface area (Å²) in [5, 5.41) is 5.35. The summed E-state index contributed by atoms with van der Waals surface area (Å²) in [5.74, 6) is 2.73. The number of benzene rings is 9. The van der Waals surface area contributed by atoms with Gasteiger partial charge in [0.25, 0.3) is 0 Å². The van der Waals surface area contributed by atoms with Gasteiger partial charge in [0, 0.05) is 40.1 Å². The van der Waals surface area contributed by atoms with Gasteiger partial charge in [-0.1, -0.05) is 127 Å². The fourth-order valence-electron chi connectivity index (χ4n) is 12.6. The van der Waals surface area contributed by atoms with Crippen molar-refractivity contribution in [1.82, 2.24) is 29.9 Å². The van der Waals surface area contributed by atoms with E-state index in [-0.39, 0.29) is 45.6 Å². The van der Waals surface area contributed by atoms with Crippen LogP contribution >= 0.6 is 0 Å². The summed E-state index contributed by atoms with van der Waals surface area (Å²) in [4.78, 5) is 35.9. The number of para-hydroxylation sites is 1. The Morgan fingerprint density at radius 3 is 1.30 bits per heavy atom. The second-order valence-corrected chi connectivity index (χ2v) is 29.8. The summed E-state index contributed by atoms with van der Waals surface area (Å²) in [6.07, 6.45) is -5.33. The third-order valence-electron chi connectivity index (χ3n) is 17.8. The minimum absolute atomic E-state index is 0.00559. The number of alkyl halides is 9. The van der Waals surface area contributed by atoms with E-state index in [2.05, 4.69) is 35.7 Å². The number of carbonyl (C=O) groups is 1. The number of aromatic amines is 3. The molecule has 9 aromatic carbocycles. The molecule has 7 N–H and O–H groups in total. The number of imidazole rings is 3. The highest BCUT2D eigenvalue weighted by atomic mass is 32.2. The van der Waals surface area contributed by atoms with Gasteiger partial charge >= 0.3 is 27.9 Å². The van der Waals surface area contributed by atoms with Crippen LogP contribution in [0.5, 0.6) is 0 Å². The average Bonchev–Trinajstić information content (AvgIpc) is 1.60. The standard InChI is InChI=1S/C25H23N3O3S.C24H17F6N3O2S.C23H18F3N3O2S/c1-15(29)19-5-3-4-6-20(19)17-9-12-23-24(13-17)27-25(26-23)22-14-21(22)16-7-10-18(11-8-16)28-32(2,30)31;25-23(26,27)15-5-3-4-13(10-15)17-12-18(17)22-31-20-9-8-14(11-21(20)32-22)16-6-1-2-7-19(16)33-36(34,35)24(28,29)30;24-23(25,26)15-5-3-4-13(10-15)17-12-18(17)22-28-19-9-8-14(11-20(19)29-22)16-6-1-2-7-21(16)32(27,30)31/h3-13,21-22,28H,14H2,1-2H3,(H,26,27);1-11,17-18,33H,12H2,(H,31,32);1-11,17-18H,12H2,(H,28,29)(H2,27,30,31). The van der Waals surface area contributed by atoms with Gasteiger partial charge in [0.15, 0.2) is 5.78 Å². The zero-order chi connectivity index (χ0) is 71.0. The van der Waals surface area contributed by atoms with E-state index < -0.39 is 59.1 Å². The lowest BCUT2D eigenvalue weighted by Gasteiger charge is -2.14. The maximum Gasteiger partial charge on any atom is 0.516 e. The molecule has 3 aromatic heterocycles. The van der Waals surface area contributed by atoms with E-state index in [0.29, 0.717) is 91.9 Å². The molecule has 3 fully saturated rings. The first-order valence-electron chi connectivity index (χ1n) is 31.0. The van der Waals surface area contributed by atoms with Gasteiger partial charge in [0.1, 0.15) is 17.5 Å². The van der Waals surface area contributed by atoms with Crippen LogP contribution in [0.2, 0.25) is 0 Å². The predicted molar refractivity (Wildman–Crippen MR) is 363 cm³/mol. The first-order chi connectivity index (χ1) is 47.2. The number of rotatable bonds is 15. The van der Waals surface area contributed by atoms with Crippen LogP contribution in [-0.2, 0) is 42.4 Å². The number of carbonyl (C=O) groups excluding carboxylic acids is 1. The lowest BCUT2D eigenvalue weighted by Crippen LogP contribution is -2.30. The summed E-state index contributed by atoms with van der Waals surface area (Å²) in [6.45, 7) is 1.59. The van der Waals surface area contributed by atoms with E-state index in [4.69, 9.17) is 10.1 Å². The van der Waals surface area contributed by atoms with E-state index in [0.717, 1.165) is 64.4 Å². The van der Waals surface area contributed by atoms with Crippen molar-refractivity contribution < 1.29 is 69.6 Å². The number of fused-ring (bicyclic) bond motifs is 3. The Morgan fingerprint density at radius 1 is 0.450 bits per heavy atom. The summed E-state index contributed by atoms with van der Waals surface area (Å²) < 4.78 is 191. The molecule has 28 heteroatoms. The van der Waals surface area contributed by atoms with E-state index in [9.17, 15) is 69.6 Å². The lowest BCUT2D eigenvalue weighted by molar-refractivity contribution is -0.138. The Bertz CT molecular complexity index is 5530. The van der Waals surface area contributed by atoms with Crippen molar-refractivity contribution in [3.63, 3.8) is 0 Å². The third kappa shape index (κ3) is 14.9. The van der Waals surface area contributed by atoms with Crippen LogP contribution in [0.15, 0.2) is 205 Å². The number of hydrogen-bond donors (Lipinski definition) is 6. The van der Waals surface area contributed by atoms with E-state index in [1.807, 2.05) is 48.5 Å². The van der Waals surface area contributed by atoms with Crippen LogP contribution in [0.3, 0.4) is 0 Å². The number of anilines is 2. The molecule has 3 heterocycles. The Morgan fingerprint density at radius 2 is 0.860 bits per heavy atom. The van der Waals surface area contributed by atoms with Gasteiger partial charge in [-0.15, -0.1) is 0 Å². The maximum absolute atomic E-state index is 13.1. The maximum atomic E-state index is 13.1. The summed E-state index contributed by atoms with van der Waals surface area (Å²) in [7, 11) is -12.8. The van der Waals surface area contributed by atoms with Gasteiger partial charge in [-0.05, 0) is 156 Å². The first-order valence-corrected chi connectivity index (χ1v) is 36.0. The number of hydrogen-bond acceptors (Lipinski definition) is 10. The molecular formula is C72H58F9N9O7S3. The van der Waals surface area contributed by atoms with Gasteiger partial charge in [-0.25, -0.2) is 36.9 Å². The molecule has 0 aliphatic heterocycles. The SMILES string of the molecule is CC(=O)c1ccccc1-c1ccc2nc(C3CC3c3ccc(NS(C)(=O)=O)cc3)[nH]c2c1.NS(=O)(=O)c1ccccc1-c1ccc2nc(C3CC3c3cccc(C(F)(F)F)c3)[nH]c2c1.O=S(=O)(Nc1ccccc1-c1ccc2nc(C3CC3c3cccc(C(F)(F)F)c3)[nH]c2c1)C(F)(F)F. The van der Waals surface area contributed by atoms with Gasteiger partial charge in [0.2, 0.25) is 20.0 Å². The smallest absolute Gasteiger partial charge is 0.342 e. The zero-order valence-electron chi connectivity index (χ0n) is 52.5. The molecule has 0 amide bonds. The summed E-state index contributed by atoms with van der Waals surface area (Å²) in [5.41, 5.74) is 4.75. The molecule has 0 radical (unpaired) electrons. The topological polar surface area (TPSA) is 256 Å². The van der Waals surface area contributed by atoms with Crippen LogP contribution < -0.4 is 14.6 Å². The fraction of sp³-hybridized carbons (Fsp3) is 0.194. The number of halogens is 9. The molecule has 3 aliphatic carbocycles. The van der Waals surface area contributed by atoms with Crippen molar-refractivity contribution in [3.05, 3.63) is 251 Å². The van der Waals surface area contributed by atoms with Crippen molar-refractivity contribution in [2.75, 3.05) is 15.7 Å². The molecule has 100 heavy (non-hydrogen) atoms. The Hall–Kier alpha value is -10.2. The van der Waals surface area contributed by atoms with Crippen LogP contribution in [-0.4, -0.2) is 72.7 Å². The van der Waals surface area contributed by atoms with E-state index in [1.165, 1.54) is 48.0 Å². The van der Waals surface area contributed by atoms with Gasteiger partial charge in [0.05, 0.1) is 61.1 Å². The molecule has 12 aromatic rings. The fourth-order valence-corrected chi connectivity index (χ4v) is 14.5. The van der Waals surface area contributed by atoms with Crippen molar-refractivity contribution in [3.8, 4) is 33.4 Å². The molecule has 6 atom stereocenters. The monoisotopic (exact) mass is 1430 g/mol. The van der Waals surface area contributed by atoms with Crippen LogP contribution in [0.4, 0.5) is 50.9 Å². The number of Topliss-reactive ketones (excluding diaryl/α,β-unsaturated/α-hetero) is 1. The number of nitrogens with two attached hydrogens (primary N) is 1. The molecule has 0 saturated heterocycles. The highest BCUT2D eigenvalue weighted by Gasteiger charge is 2.47. The molecule has 3 aliphatic rings. The number of H-pyrrole nitrogens is 3. The Kier molecular flexibility index (Phi) is 17.7. The minimum Gasteiger partial charge on any atom is -0.342 e. The molecule has 15 rings (SSSR count). The molecular weight excluding hydrogens is 1370 g/mol. The lowest BCUT2D eigenvalue weighted by atomic mass is 9.97. The average molecular weight is 1430 g/mol. The van der Waals surface area contributed by atoms with Crippen LogP contribution in [0.1, 0.15) is 117 Å². The number of ketones is 1. The predicted octanol–water partition coefficient (Wildman–Crippen LogP) is 17.0. The number of nitrogens with zero attached hydrogens (tertiary/aromatic N) is 3. The van der Waals surface area contributed by atoms with Gasteiger partial charge < -0.3 is 15.0 Å². The molecule has 0 bridgehead atoms. The second kappa shape index (κ2) is 25.9. The molecule has 16 nitrogen and oxygen atoms in total. The highest BCUT2D eigenvalue weighted by molar-refractivity contribution is 7.93. The number of aromatic nitrogens is 6. The molecule has 0 spiro atoms. The molecule has 3 saturated carbocycles. The van der Waals surface area contributed by atoms with Gasteiger partial charge in [-0.3, -0.25) is 14.2 Å². The van der Waals surface area contributed by atoms with Crippen molar-refractivity contribution in [1.29, 1.82) is 0 Å². The van der Waals surface area contributed by atoms with E-state index in [1.54, 1.807) is 96.6 Å². The summed E-state index contributed by atoms with van der Waals surface area (Å²) in [6, 6.07) is 54.2. The Labute approximate surface area is 566 Å². The number of nitrogens with one attached hydrogen (secondary N) is 5. The minimum atomic E-state index is -5.61. The number of sulfonamides is 3. The van der Waals surface area contributed by atoms with Crippen molar-refractivity contribution >= 4 is 80.3 Å². The first kappa shape index (κ1) is 68.4. The number of primary sulfonamides is 1. The van der Waals surface area contributed by atoms with Gasteiger partial charge in [-0.2, -0.15) is 47.9 Å². The normalized spacial score (nSPS) is 18.4. The van der Waals surface area contributed by atoms with Crippen LogP contribution in [0, 0.1) is 0 Å².